The van der Waals surface area contributed by atoms with E-state index in [-0.39, 0.29) is 5.91 Å². The molecule has 5 heteroatoms. The fraction of sp³-hybridized carbons (Fsp3) is 0.211. The third-order valence-electron chi connectivity index (χ3n) is 3.77. The summed E-state index contributed by atoms with van der Waals surface area (Å²) in [5.41, 5.74) is 1.49. The van der Waals surface area contributed by atoms with Crippen LogP contribution in [0.5, 0.6) is 5.75 Å². The van der Waals surface area contributed by atoms with Gasteiger partial charge in [-0.05, 0) is 44.4 Å². The van der Waals surface area contributed by atoms with Gasteiger partial charge in [-0.1, -0.05) is 34.1 Å². The summed E-state index contributed by atoms with van der Waals surface area (Å²) in [6.07, 6.45) is 1.78. The van der Waals surface area contributed by atoms with Gasteiger partial charge in [0.1, 0.15) is 12.4 Å². The molecule has 3 rings (SSSR count). The average molecular weight is 387 g/mol. The number of likely N-dealkylation sites (N-methyl/N-ethyl adjacent to an activating group) is 1. The molecule has 0 amide bonds. The molecule has 0 saturated carbocycles. The summed E-state index contributed by atoms with van der Waals surface area (Å²) in [6.45, 7) is 1.38. The maximum atomic E-state index is 12.8. The molecule has 0 aliphatic carbocycles. The molecule has 24 heavy (non-hydrogen) atoms. The number of aromatic nitrogens is 1. The Kier molecular flexibility index (Phi) is 5.02. The molecule has 124 valence electrons. The SMILES string of the molecule is CN(C)CCOc1cn(C(=O)c2ccccc2)c2ccc(Br)cc12. The monoisotopic (exact) mass is 386 g/mol. The summed E-state index contributed by atoms with van der Waals surface area (Å²) in [5, 5.41) is 0.924. The fourth-order valence-electron chi connectivity index (χ4n) is 2.51. The second kappa shape index (κ2) is 7.20. The van der Waals surface area contributed by atoms with Gasteiger partial charge in [0.25, 0.3) is 5.91 Å². The van der Waals surface area contributed by atoms with Crippen molar-refractivity contribution in [1.82, 2.24) is 9.47 Å². The number of carbonyl (C=O) groups is 1. The van der Waals surface area contributed by atoms with E-state index in [4.69, 9.17) is 4.74 Å². The molecular formula is C19H19BrN2O2. The number of rotatable bonds is 5. The fourth-order valence-corrected chi connectivity index (χ4v) is 2.87. The Morgan fingerprint density at radius 2 is 1.92 bits per heavy atom. The summed E-state index contributed by atoms with van der Waals surface area (Å²) < 4.78 is 8.53. The van der Waals surface area contributed by atoms with E-state index in [0.717, 1.165) is 27.7 Å². The van der Waals surface area contributed by atoms with Crippen LogP contribution >= 0.6 is 15.9 Å². The van der Waals surface area contributed by atoms with Crippen LogP contribution in [0.2, 0.25) is 0 Å². The van der Waals surface area contributed by atoms with Gasteiger partial charge in [0.2, 0.25) is 0 Å². The van der Waals surface area contributed by atoms with Crippen molar-refractivity contribution in [3.05, 3.63) is 64.8 Å². The third kappa shape index (κ3) is 3.52. The van der Waals surface area contributed by atoms with Crippen LogP contribution in [0, 0.1) is 0 Å². The van der Waals surface area contributed by atoms with E-state index >= 15 is 0 Å². The maximum Gasteiger partial charge on any atom is 0.262 e. The van der Waals surface area contributed by atoms with Crippen molar-refractivity contribution >= 4 is 32.7 Å². The minimum Gasteiger partial charge on any atom is -0.490 e. The van der Waals surface area contributed by atoms with Gasteiger partial charge in [-0.25, -0.2) is 0 Å². The first kappa shape index (κ1) is 16.7. The molecule has 0 N–H and O–H groups in total. The van der Waals surface area contributed by atoms with E-state index in [2.05, 4.69) is 20.8 Å². The Morgan fingerprint density at radius 1 is 1.17 bits per heavy atom. The van der Waals surface area contributed by atoms with E-state index in [0.29, 0.717) is 12.2 Å². The Labute approximate surface area is 149 Å². The lowest BCUT2D eigenvalue weighted by molar-refractivity contribution is 0.0964. The molecule has 2 aromatic carbocycles. The lowest BCUT2D eigenvalue weighted by Crippen LogP contribution is -2.19. The third-order valence-corrected chi connectivity index (χ3v) is 4.26. The standard InChI is InChI=1S/C19H19BrN2O2/c1-21(2)10-11-24-18-13-22(17-9-8-15(20)12-16(17)18)19(23)14-6-4-3-5-7-14/h3-9,12-13H,10-11H2,1-2H3. The van der Waals surface area contributed by atoms with Crippen molar-refractivity contribution in [1.29, 1.82) is 0 Å². The van der Waals surface area contributed by atoms with Crippen LogP contribution in [0.25, 0.3) is 10.9 Å². The predicted octanol–water partition coefficient (Wildman–Crippen LogP) is 4.03. The van der Waals surface area contributed by atoms with Crippen molar-refractivity contribution in [3.8, 4) is 5.75 Å². The number of benzene rings is 2. The van der Waals surface area contributed by atoms with Crippen LogP contribution in [0.3, 0.4) is 0 Å². The molecule has 0 spiro atoms. The van der Waals surface area contributed by atoms with Crippen LogP contribution < -0.4 is 4.74 Å². The van der Waals surface area contributed by atoms with Crippen molar-refractivity contribution in [2.45, 2.75) is 0 Å². The Bertz CT molecular complexity index is 856. The quantitative estimate of drug-likeness (QED) is 0.663. The molecule has 0 bridgehead atoms. The zero-order valence-corrected chi connectivity index (χ0v) is 15.3. The van der Waals surface area contributed by atoms with Gasteiger partial charge in [0, 0.05) is 22.0 Å². The topological polar surface area (TPSA) is 34.5 Å². The molecule has 0 radical (unpaired) electrons. The number of halogens is 1. The number of ether oxygens (including phenoxy) is 1. The Morgan fingerprint density at radius 3 is 2.62 bits per heavy atom. The number of carbonyl (C=O) groups excluding carboxylic acids is 1. The van der Waals surface area contributed by atoms with Gasteiger partial charge in [-0.2, -0.15) is 0 Å². The van der Waals surface area contributed by atoms with Gasteiger partial charge in [0.15, 0.2) is 0 Å². The zero-order valence-electron chi connectivity index (χ0n) is 13.7. The highest BCUT2D eigenvalue weighted by Gasteiger charge is 2.16. The molecule has 3 aromatic rings. The van der Waals surface area contributed by atoms with E-state index in [1.165, 1.54) is 0 Å². The molecule has 0 unspecified atom stereocenters. The van der Waals surface area contributed by atoms with Crippen molar-refractivity contribution in [2.75, 3.05) is 27.2 Å². The van der Waals surface area contributed by atoms with Crippen molar-refractivity contribution < 1.29 is 9.53 Å². The Hall–Kier alpha value is -2.11. The second-order valence-corrected chi connectivity index (χ2v) is 6.76. The summed E-state index contributed by atoms with van der Waals surface area (Å²) in [7, 11) is 4.00. The minimum absolute atomic E-state index is 0.0645. The normalized spacial score (nSPS) is 11.2. The predicted molar refractivity (Wildman–Crippen MR) is 99.9 cm³/mol. The smallest absolute Gasteiger partial charge is 0.262 e. The first-order chi connectivity index (χ1) is 11.6. The summed E-state index contributed by atoms with van der Waals surface area (Å²) in [4.78, 5) is 14.9. The number of fused-ring (bicyclic) bond motifs is 1. The highest BCUT2D eigenvalue weighted by molar-refractivity contribution is 9.10. The molecular weight excluding hydrogens is 368 g/mol. The van der Waals surface area contributed by atoms with Crippen molar-refractivity contribution in [3.63, 3.8) is 0 Å². The van der Waals surface area contributed by atoms with Crippen LogP contribution in [0.1, 0.15) is 10.4 Å². The molecule has 4 nitrogen and oxygen atoms in total. The number of nitrogens with zero attached hydrogens (tertiary/aromatic N) is 2. The van der Waals surface area contributed by atoms with Gasteiger partial charge in [-0.3, -0.25) is 9.36 Å². The molecule has 0 aliphatic heterocycles. The van der Waals surface area contributed by atoms with Gasteiger partial charge in [0.05, 0.1) is 11.7 Å². The van der Waals surface area contributed by atoms with E-state index in [1.54, 1.807) is 10.8 Å². The van der Waals surface area contributed by atoms with Crippen molar-refractivity contribution in [2.24, 2.45) is 0 Å². The highest BCUT2D eigenvalue weighted by Crippen LogP contribution is 2.31. The molecule has 1 heterocycles. The first-order valence-corrected chi connectivity index (χ1v) is 8.53. The van der Waals surface area contributed by atoms with Crippen LogP contribution in [-0.2, 0) is 0 Å². The lowest BCUT2D eigenvalue weighted by atomic mass is 10.2. The largest absolute Gasteiger partial charge is 0.490 e. The number of hydrogen-bond donors (Lipinski definition) is 0. The first-order valence-electron chi connectivity index (χ1n) is 7.74. The van der Waals surface area contributed by atoms with Crippen LogP contribution in [-0.4, -0.2) is 42.6 Å². The second-order valence-electron chi connectivity index (χ2n) is 5.85. The molecule has 0 aliphatic rings. The van der Waals surface area contributed by atoms with Crippen LogP contribution in [0.4, 0.5) is 0 Å². The number of hydrogen-bond acceptors (Lipinski definition) is 3. The Balaban J connectivity index is 2.00. The van der Waals surface area contributed by atoms with Gasteiger partial charge >= 0.3 is 0 Å². The maximum absolute atomic E-state index is 12.8. The summed E-state index contributed by atoms with van der Waals surface area (Å²) in [6, 6.07) is 15.1. The van der Waals surface area contributed by atoms with Gasteiger partial charge in [-0.15, -0.1) is 0 Å². The highest BCUT2D eigenvalue weighted by atomic mass is 79.9. The van der Waals surface area contributed by atoms with Gasteiger partial charge < -0.3 is 9.64 Å². The minimum atomic E-state index is -0.0645. The molecule has 0 atom stereocenters. The molecule has 0 saturated heterocycles. The molecule has 1 aromatic heterocycles. The molecule has 0 fully saturated rings. The van der Waals surface area contributed by atoms with Crippen LogP contribution in [0.15, 0.2) is 59.2 Å². The van der Waals surface area contributed by atoms with E-state index in [1.807, 2.05) is 62.6 Å². The average Bonchev–Trinajstić information content (AvgIpc) is 2.92. The van der Waals surface area contributed by atoms with E-state index in [9.17, 15) is 4.79 Å². The van der Waals surface area contributed by atoms with E-state index < -0.39 is 0 Å². The summed E-state index contributed by atoms with van der Waals surface area (Å²) in [5.74, 6) is 0.655. The lowest BCUT2D eigenvalue weighted by Gasteiger charge is -2.10. The summed E-state index contributed by atoms with van der Waals surface area (Å²) >= 11 is 3.49. The zero-order chi connectivity index (χ0) is 17.1.